The number of hydrogen-bond acceptors (Lipinski definition) is 7. The third kappa shape index (κ3) is 5.06. The Hall–Kier alpha value is -3.59. The topological polar surface area (TPSA) is 98.9 Å². The van der Waals surface area contributed by atoms with Gasteiger partial charge in [-0.05, 0) is 48.5 Å². The Morgan fingerprint density at radius 2 is 1.70 bits per heavy atom. The van der Waals surface area contributed by atoms with Gasteiger partial charge in [-0.2, -0.15) is 4.98 Å². The van der Waals surface area contributed by atoms with Gasteiger partial charge in [-0.15, -0.1) is 5.10 Å². The lowest BCUT2D eigenvalue weighted by molar-refractivity contribution is -0.130. The van der Waals surface area contributed by atoms with Gasteiger partial charge in [0.1, 0.15) is 18.1 Å². The van der Waals surface area contributed by atoms with E-state index in [9.17, 15) is 4.79 Å². The molecule has 1 N–H and O–H groups in total. The summed E-state index contributed by atoms with van der Waals surface area (Å²) in [6.07, 6.45) is 0. The van der Waals surface area contributed by atoms with Crippen molar-refractivity contribution in [2.24, 2.45) is 0 Å². The van der Waals surface area contributed by atoms with E-state index < -0.39 is 0 Å². The molecule has 1 heterocycles. The van der Waals surface area contributed by atoms with Crippen LogP contribution in [-0.4, -0.2) is 71.7 Å². The lowest BCUT2D eigenvalue weighted by Gasteiger charge is -2.09. The fourth-order valence-corrected chi connectivity index (χ4v) is 2.56. The van der Waals surface area contributed by atoms with Crippen molar-refractivity contribution < 1.29 is 24.1 Å². The van der Waals surface area contributed by atoms with E-state index in [0.717, 1.165) is 17.0 Å². The van der Waals surface area contributed by atoms with E-state index in [-0.39, 0.29) is 31.7 Å². The van der Waals surface area contributed by atoms with Gasteiger partial charge in [0.25, 0.3) is 5.91 Å². The maximum atomic E-state index is 11.8. The first-order valence-electron chi connectivity index (χ1n) is 9.30. The van der Waals surface area contributed by atoms with E-state index in [4.69, 9.17) is 19.3 Å². The molecule has 0 fully saturated rings. The first-order valence-corrected chi connectivity index (χ1v) is 9.30. The van der Waals surface area contributed by atoms with Gasteiger partial charge in [0, 0.05) is 19.7 Å². The first kappa shape index (κ1) is 21.1. The van der Waals surface area contributed by atoms with E-state index in [2.05, 4.69) is 10.1 Å². The zero-order valence-electron chi connectivity index (χ0n) is 17.1. The van der Waals surface area contributed by atoms with Crippen molar-refractivity contribution in [1.82, 2.24) is 19.7 Å². The third-order valence-electron chi connectivity index (χ3n) is 4.20. The summed E-state index contributed by atoms with van der Waals surface area (Å²) in [5.41, 5.74) is 1.54. The minimum atomic E-state index is -0.192. The molecular weight excluding hydrogens is 388 g/mol. The highest BCUT2D eigenvalue weighted by Gasteiger charge is 2.16. The molecule has 1 aromatic heterocycles. The highest BCUT2D eigenvalue weighted by Crippen LogP contribution is 2.26. The number of aliphatic hydroxyl groups is 1. The van der Waals surface area contributed by atoms with Crippen LogP contribution >= 0.6 is 0 Å². The van der Waals surface area contributed by atoms with E-state index in [0.29, 0.717) is 11.6 Å². The summed E-state index contributed by atoms with van der Waals surface area (Å²) < 4.78 is 17.8. The zero-order chi connectivity index (χ0) is 21.5. The van der Waals surface area contributed by atoms with Crippen molar-refractivity contribution in [3.8, 4) is 34.6 Å². The quantitative estimate of drug-likeness (QED) is 0.572. The molecule has 3 rings (SSSR count). The van der Waals surface area contributed by atoms with Crippen molar-refractivity contribution in [2.75, 3.05) is 41.0 Å². The van der Waals surface area contributed by atoms with Gasteiger partial charge in [0.05, 0.1) is 19.4 Å². The summed E-state index contributed by atoms with van der Waals surface area (Å²) >= 11 is 0. The Bertz CT molecular complexity index is 968. The minimum Gasteiger partial charge on any atom is -0.497 e. The van der Waals surface area contributed by atoms with Crippen molar-refractivity contribution in [3.63, 3.8) is 0 Å². The van der Waals surface area contributed by atoms with Gasteiger partial charge in [-0.3, -0.25) is 4.79 Å². The van der Waals surface area contributed by atoms with E-state index in [1.807, 2.05) is 36.4 Å². The van der Waals surface area contributed by atoms with Crippen LogP contribution in [0.5, 0.6) is 17.5 Å². The number of benzene rings is 2. The number of ether oxygens (including phenoxy) is 3. The van der Waals surface area contributed by atoms with Crippen LogP contribution < -0.4 is 14.2 Å². The average Bonchev–Trinajstić information content (AvgIpc) is 3.20. The molecular formula is C21H24N4O5. The molecule has 0 atom stereocenters. The molecule has 0 unspecified atom stereocenters. The van der Waals surface area contributed by atoms with Crippen LogP contribution in [0.15, 0.2) is 48.5 Å². The molecule has 0 bridgehead atoms. The Kier molecular flexibility index (Phi) is 6.87. The fraction of sp³-hybridized carbons (Fsp3) is 0.286. The number of rotatable bonds is 9. The molecule has 158 valence electrons. The van der Waals surface area contributed by atoms with E-state index in [1.165, 1.54) is 4.90 Å². The maximum Gasteiger partial charge on any atom is 0.336 e. The first-order chi connectivity index (χ1) is 14.5. The molecule has 0 spiro atoms. The lowest BCUT2D eigenvalue weighted by Crippen LogP contribution is -2.27. The van der Waals surface area contributed by atoms with E-state index >= 15 is 0 Å². The second kappa shape index (κ2) is 9.75. The van der Waals surface area contributed by atoms with Crippen LogP contribution in [-0.2, 0) is 4.79 Å². The van der Waals surface area contributed by atoms with Crippen molar-refractivity contribution in [2.45, 2.75) is 0 Å². The van der Waals surface area contributed by atoms with Gasteiger partial charge in [-0.25, -0.2) is 4.68 Å². The van der Waals surface area contributed by atoms with Crippen molar-refractivity contribution in [3.05, 3.63) is 48.5 Å². The molecule has 2 aromatic carbocycles. The number of amides is 1. The Morgan fingerprint density at radius 1 is 1.03 bits per heavy atom. The molecule has 0 aliphatic rings. The molecule has 0 radical (unpaired) electrons. The molecule has 0 saturated carbocycles. The largest absolute Gasteiger partial charge is 0.497 e. The van der Waals surface area contributed by atoms with Gasteiger partial charge in [0.15, 0.2) is 12.4 Å². The molecule has 0 aliphatic heterocycles. The van der Waals surface area contributed by atoms with Crippen LogP contribution in [0.25, 0.3) is 17.1 Å². The van der Waals surface area contributed by atoms with Crippen LogP contribution in [0.4, 0.5) is 0 Å². The zero-order valence-corrected chi connectivity index (χ0v) is 17.1. The maximum absolute atomic E-state index is 11.8. The number of likely N-dealkylation sites (N-methyl/N-ethyl adjacent to an activating group) is 1. The van der Waals surface area contributed by atoms with Crippen LogP contribution in [0.3, 0.4) is 0 Å². The van der Waals surface area contributed by atoms with Crippen LogP contribution in [0.2, 0.25) is 0 Å². The summed E-state index contributed by atoms with van der Waals surface area (Å²) in [5, 5.41) is 13.3. The molecule has 3 aromatic rings. The van der Waals surface area contributed by atoms with Gasteiger partial charge in [-0.1, -0.05) is 0 Å². The van der Waals surface area contributed by atoms with Crippen molar-refractivity contribution >= 4 is 5.91 Å². The minimum absolute atomic E-state index is 0.0556. The monoisotopic (exact) mass is 412 g/mol. The predicted molar refractivity (Wildman–Crippen MR) is 110 cm³/mol. The predicted octanol–water partition coefficient (Wildman–Crippen LogP) is 1.78. The van der Waals surface area contributed by atoms with Gasteiger partial charge in [0.2, 0.25) is 0 Å². The Morgan fingerprint density at radius 3 is 2.30 bits per heavy atom. The Labute approximate surface area is 174 Å². The van der Waals surface area contributed by atoms with Gasteiger partial charge >= 0.3 is 6.01 Å². The number of carbonyl (C=O) groups is 1. The van der Waals surface area contributed by atoms with E-state index in [1.54, 1.807) is 38.0 Å². The highest BCUT2D eigenvalue weighted by atomic mass is 16.5. The number of aliphatic hydroxyl groups excluding tert-OH is 1. The number of carbonyl (C=O) groups excluding carboxylic acids is 1. The number of nitrogens with zero attached hydrogens (tertiary/aromatic N) is 4. The Balaban J connectivity index is 1.93. The highest BCUT2D eigenvalue weighted by molar-refractivity contribution is 5.77. The number of methoxy groups -OCH3 is 1. The smallest absolute Gasteiger partial charge is 0.336 e. The standard InChI is InChI=1S/C21H24N4O5/c1-24(2)19(27)14-30-21-22-20(15-4-8-18(9-5-15)29-13-12-26)25(23-21)16-6-10-17(28-3)11-7-16/h4-11,26H,12-14H2,1-3H3. The second-order valence-electron chi connectivity index (χ2n) is 6.50. The molecule has 30 heavy (non-hydrogen) atoms. The SMILES string of the molecule is COc1ccc(-n2nc(OCC(=O)N(C)C)nc2-c2ccc(OCCO)cc2)cc1. The molecule has 0 saturated heterocycles. The summed E-state index contributed by atoms with van der Waals surface area (Å²) in [7, 11) is 4.91. The van der Waals surface area contributed by atoms with Crippen molar-refractivity contribution in [1.29, 1.82) is 0 Å². The summed E-state index contributed by atoms with van der Waals surface area (Å²) in [5.74, 6) is 1.71. The summed E-state index contributed by atoms with van der Waals surface area (Å²) in [6.45, 7) is 0.00614. The van der Waals surface area contributed by atoms with Gasteiger partial charge < -0.3 is 24.2 Å². The van der Waals surface area contributed by atoms with Crippen LogP contribution in [0, 0.1) is 0 Å². The molecule has 1 amide bonds. The molecule has 0 aliphatic carbocycles. The second-order valence-corrected chi connectivity index (χ2v) is 6.50. The normalized spacial score (nSPS) is 10.5. The third-order valence-corrected chi connectivity index (χ3v) is 4.20. The summed E-state index contributed by atoms with van der Waals surface area (Å²) in [6, 6.07) is 14.7. The average molecular weight is 412 g/mol. The molecule has 9 heteroatoms. The molecule has 9 nitrogen and oxygen atoms in total. The van der Waals surface area contributed by atoms with Crippen LogP contribution in [0.1, 0.15) is 0 Å². The lowest BCUT2D eigenvalue weighted by atomic mass is 10.2. The number of hydrogen-bond donors (Lipinski definition) is 1. The summed E-state index contributed by atoms with van der Waals surface area (Å²) in [4.78, 5) is 17.7. The number of aromatic nitrogens is 3. The fourth-order valence-electron chi connectivity index (χ4n) is 2.56.